The normalized spacial score (nSPS) is 46.5. The molecule has 1 aliphatic heterocycles. The van der Waals surface area contributed by atoms with Crippen LogP contribution in [-0.4, -0.2) is 26.9 Å². The molecular weight excluding hydrogens is 307 g/mol. The average molecular weight is 338 g/mol. The Balaban J connectivity index is 1.58. The van der Waals surface area contributed by atoms with Crippen LogP contribution in [-0.2, 0) is 4.74 Å². The van der Waals surface area contributed by atoms with E-state index in [9.17, 15) is 0 Å². The van der Waals surface area contributed by atoms with Crippen LogP contribution in [0.15, 0.2) is 0 Å². The predicted octanol–water partition coefficient (Wildman–Crippen LogP) is 5.47. The van der Waals surface area contributed by atoms with Crippen molar-refractivity contribution in [2.75, 3.05) is 0 Å². The van der Waals surface area contributed by atoms with E-state index in [0.717, 1.165) is 9.41 Å². The number of rotatable bonds is 1. The minimum atomic E-state index is -0.694. The van der Waals surface area contributed by atoms with Gasteiger partial charge < -0.3 is 0 Å². The molecule has 1 nitrogen and oxygen atoms in total. The Hall–Kier alpha value is 0.518. The molecule has 0 aromatic rings. The van der Waals surface area contributed by atoms with Gasteiger partial charge in [0.1, 0.15) is 0 Å². The van der Waals surface area contributed by atoms with Gasteiger partial charge in [0.05, 0.1) is 0 Å². The summed E-state index contributed by atoms with van der Waals surface area (Å²) in [6.45, 7) is 0. The summed E-state index contributed by atoms with van der Waals surface area (Å²) in [4.78, 5) is 0. The van der Waals surface area contributed by atoms with Crippen molar-refractivity contribution in [3.05, 3.63) is 0 Å². The van der Waals surface area contributed by atoms with Crippen molar-refractivity contribution < 1.29 is 4.74 Å². The second-order valence-electron chi connectivity index (χ2n) is 7.66. The van der Waals surface area contributed by atoms with Gasteiger partial charge in [0.25, 0.3) is 0 Å². The maximum absolute atomic E-state index is 6.65. The third kappa shape index (κ3) is 2.63. The Morgan fingerprint density at radius 3 is 1.65 bits per heavy atom. The Morgan fingerprint density at radius 2 is 1.05 bits per heavy atom. The van der Waals surface area contributed by atoms with E-state index in [0.29, 0.717) is 12.2 Å². The summed E-state index contributed by atoms with van der Waals surface area (Å²) in [5.74, 6) is 0. The van der Waals surface area contributed by atoms with Crippen molar-refractivity contribution in [1.82, 2.24) is 0 Å². The molecule has 0 N–H and O–H groups in total. The van der Waals surface area contributed by atoms with Gasteiger partial charge in [0, 0.05) is 0 Å². The Labute approximate surface area is 129 Å². The average Bonchev–Trinajstić information content (AvgIpc) is 2.53. The van der Waals surface area contributed by atoms with E-state index in [4.69, 9.17) is 4.74 Å². The predicted molar refractivity (Wildman–Crippen MR) is 85.7 cm³/mol. The first-order valence-electron chi connectivity index (χ1n) is 9.36. The van der Waals surface area contributed by atoms with Crippen LogP contribution in [0.4, 0.5) is 0 Å². The molecule has 20 heavy (non-hydrogen) atoms. The fourth-order valence-corrected chi connectivity index (χ4v) is 15.4. The Bertz CT molecular complexity index is 303. The minimum absolute atomic E-state index is 0.694. The topological polar surface area (TPSA) is 9.23 Å². The summed E-state index contributed by atoms with van der Waals surface area (Å²) < 4.78 is 10.0. The molecule has 2 heteroatoms. The third-order valence-electron chi connectivity index (χ3n) is 6.45. The molecule has 0 bridgehead atoms. The fraction of sp³-hybridized carbons (Fsp3) is 1.00. The molecule has 3 aliphatic carbocycles. The molecule has 3 saturated carbocycles. The molecule has 1 heterocycles. The molecule has 4 rings (SSSR count). The van der Waals surface area contributed by atoms with Crippen molar-refractivity contribution in [3.8, 4) is 0 Å². The second kappa shape index (κ2) is 6.33. The summed E-state index contributed by atoms with van der Waals surface area (Å²) in [6.07, 6.45) is 21.1. The van der Waals surface area contributed by atoms with E-state index < -0.39 is 14.7 Å². The van der Waals surface area contributed by atoms with Gasteiger partial charge in [-0.1, -0.05) is 0 Å². The first-order valence-corrected chi connectivity index (χ1v) is 12.6. The summed E-state index contributed by atoms with van der Waals surface area (Å²) in [5.41, 5.74) is 0. The first-order chi connectivity index (χ1) is 9.93. The van der Waals surface area contributed by atoms with Crippen LogP contribution in [0.3, 0.4) is 0 Å². The van der Waals surface area contributed by atoms with Crippen LogP contribution in [0.1, 0.15) is 83.5 Å². The molecule has 4 unspecified atom stereocenters. The standard InChI is InChI=1S/C18H31AsO/c1-2-8-14(9-3-1)19-15-10-4-6-12-17(15)20-18-13-7-5-11-16(18)19/h14-18H,1-13H2. The van der Waals surface area contributed by atoms with E-state index in [2.05, 4.69) is 0 Å². The number of ether oxygens (including phenoxy) is 1. The van der Waals surface area contributed by atoms with E-state index in [1.807, 2.05) is 0 Å². The van der Waals surface area contributed by atoms with E-state index in [-0.39, 0.29) is 0 Å². The van der Waals surface area contributed by atoms with Crippen molar-refractivity contribution in [2.45, 2.75) is 110 Å². The van der Waals surface area contributed by atoms with Gasteiger partial charge in [0.15, 0.2) is 0 Å². The molecular formula is C18H31AsO. The van der Waals surface area contributed by atoms with E-state index in [1.165, 1.54) is 49.7 Å². The molecule has 0 aromatic heterocycles. The molecule has 0 aromatic carbocycles. The monoisotopic (exact) mass is 338 g/mol. The SMILES string of the molecule is C1CCC([As]2C3CCCCC3OC3CCCCC32)CC1. The van der Waals surface area contributed by atoms with Crippen molar-refractivity contribution in [3.63, 3.8) is 0 Å². The van der Waals surface area contributed by atoms with E-state index >= 15 is 0 Å². The quantitative estimate of drug-likeness (QED) is 0.576. The van der Waals surface area contributed by atoms with Gasteiger partial charge in [-0.15, -0.1) is 0 Å². The molecule has 4 aliphatic rings. The Morgan fingerprint density at radius 1 is 0.550 bits per heavy atom. The van der Waals surface area contributed by atoms with Crippen LogP contribution >= 0.6 is 0 Å². The van der Waals surface area contributed by atoms with Crippen LogP contribution < -0.4 is 0 Å². The maximum atomic E-state index is 6.65. The summed E-state index contributed by atoms with van der Waals surface area (Å²) in [5, 5.41) is 0. The third-order valence-corrected chi connectivity index (χ3v) is 15.0. The summed E-state index contributed by atoms with van der Waals surface area (Å²) in [7, 11) is 0. The molecule has 1 saturated heterocycles. The number of hydrogen-bond donors (Lipinski definition) is 0. The van der Waals surface area contributed by atoms with Gasteiger partial charge in [-0.3, -0.25) is 0 Å². The summed E-state index contributed by atoms with van der Waals surface area (Å²) in [6, 6.07) is 0. The van der Waals surface area contributed by atoms with Gasteiger partial charge in [-0.2, -0.15) is 0 Å². The van der Waals surface area contributed by atoms with Crippen LogP contribution in [0.2, 0.25) is 14.1 Å². The van der Waals surface area contributed by atoms with Crippen molar-refractivity contribution >= 4 is 14.7 Å². The zero-order valence-electron chi connectivity index (χ0n) is 12.9. The number of fused-ring (bicyclic) bond motifs is 2. The fourth-order valence-electron chi connectivity index (χ4n) is 5.55. The van der Waals surface area contributed by atoms with Gasteiger partial charge >= 0.3 is 129 Å². The second-order valence-corrected chi connectivity index (χ2v) is 13.8. The van der Waals surface area contributed by atoms with E-state index in [1.54, 1.807) is 38.5 Å². The molecule has 114 valence electrons. The summed E-state index contributed by atoms with van der Waals surface area (Å²) >= 11 is -0.694. The zero-order chi connectivity index (χ0) is 13.4. The van der Waals surface area contributed by atoms with Gasteiger partial charge in [0.2, 0.25) is 0 Å². The molecule has 4 fully saturated rings. The van der Waals surface area contributed by atoms with Crippen LogP contribution in [0, 0.1) is 0 Å². The first kappa shape index (κ1) is 14.1. The van der Waals surface area contributed by atoms with Gasteiger partial charge in [-0.25, -0.2) is 0 Å². The van der Waals surface area contributed by atoms with Crippen molar-refractivity contribution in [1.29, 1.82) is 0 Å². The zero-order valence-corrected chi connectivity index (χ0v) is 14.8. The van der Waals surface area contributed by atoms with Crippen LogP contribution in [0.5, 0.6) is 0 Å². The molecule has 0 radical (unpaired) electrons. The van der Waals surface area contributed by atoms with Crippen LogP contribution in [0.25, 0.3) is 0 Å². The molecule has 4 atom stereocenters. The van der Waals surface area contributed by atoms with Gasteiger partial charge in [-0.05, 0) is 0 Å². The molecule has 0 spiro atoms. The van der Waals surface area contributed by atoms with Crippen molar-refractivity contribution in [2.24, 2.45) is 0 Å². The Kier molecular flexibility index (Phi) is 4.47. The number of hydrogen-bond acceptors (Lipinski definition) is 1. The molecule has 0 amide bonds.